The van der Waals surface area contributed by atoms with E-state index in [1.807, 2.05) is 13.8 Å². The Morgan fingerprint density at radius 1 is 1.20 bits per heavy atom. The fourth-order valence-electron chi connectivity index (χ4n) is 2.52. The van der Waals surface area contributed by atoms with Crippen LogP contribution in [-0.2, 0) is 17.8 Å². The lowest BCUT2D eigenvalue weighted by molar-refractivity contribution is 0.187. The van der Waals surface area contributed by atoms with E-state index in [1.165, 1.54) is 20.3 Å². The van der Waals surface area contributed by atoms with Crippen LogP contribution in [0.2, 0.25) is 0 Å². The van der Waals surface area contributed by atoms with Gasteiger partial charge in [-0.1, -0.05) is 13.0 Å². The molecule has 0 fully saturated rings. The van der Waals surface area contributed by atoms with Crippen molar-refractivity contribution in [3.05, 3.63) is 52.8 Å². The van der Waals surface area contributed by atoms with Crippen LogP contribution >= 0.6 is 0 Å². The van der Waals surface area contributed by atoms with Crippen LogP contribution in [0.25, 0.3) is 0 Å². The van der Waals surface area contributed by atoms with Crippen LogP contribution in [0.4, 0.5) is 14.9 Å². The number of carbonyl (C=O) groups is 1. The maximum atomic E-state index is 14.2. The van der Waals surface area contributed by atoms with Gasteiger partial charge in [0.15, 0.2) is 11.6 Å². The van der Waals surface area contributed by atoms with E-state index in [0.717, 1.165) is 17.5 Å². The molecule has 134 valence electrons. The lowest BCUT2D eigenvalue weighted by Gasteiger charge is -2.16. The monoisotopic (exact) mass is 347 g/mol. The zero-order valence-electron chi connectivity index (χ0n) is 14.8. The third-order valence-electron chi connectivity index (χ3n) is 3.92. The van der Waals surface area contributed by atoms with Crippen LogP contribution in [0.3, 0.4) is 0 Å². The van der Waals surface area contributed by atoms with Gasteiger partial charge in [0.2, 0.25) is 0 Å². The Bertz CT molecular complexity index is 761. The van der Waals surface area contributed by atoms with Crippen molar-refractivity contribution in [2.24, 2.45) is 0 Å². The Balaban J connectivity index is 2.28. The summed E-state index contributed by atoms with van der Waals surface area (Å²) in [5, 5.41) is 2.60. The molecule has 0 unspecified atom stereocenters. The molecule has 1 N–H and O–H groups in total. The Hall–Kier alpha value is -2.76. The molecule has 0 radical (unpaired) electrons. The fraction of sp³-hybridized carbons (Fsp3) is 0.316. The Morgan fingerprint density at radius 3 is 2.60 bits per heavy atom. The van der Waals surface area contributed by atoms with Crippen LogP contribution in [0.15, 0.2) is 30.3 Å². The summed E-state index contributed by atoms with van der Waals surface area (Å²) in [6.07, 6.45) is 0.145. The minimum Gasteiger partial charge on any atom is -0.496 e. The lowest BCUT2D eigenvalue weighted by atomic mass is 10.1. The standard InChI is InChI=1S/C19H22FNO4/c1-5-13-10-15(20)18(9-12(13)2)25-11-14-16(21-19(22)24-4)7-6-8-17(14)23-3/h6-10H,5,11H2,1-4H3,(H,21,22). The van der Waals surface area contributed by atoms with Crippen LogP contribution in [0.5, 0.6) is 11.5 Å². The zero-order chi connectivity index (χ0) is 18.4. The van der Waals surface area contributed by atoms with Crippen molar-refractivity contribution in [3.63, 3.8) is 0 Å². The van der Waals surface area contributed by atoms with Crippen molar-refractivity contribution in [2.75, 3.05) is 19.5 Å². The molecule has 2 aromatic carbocycles. The number of amides is 1. The molecular weight excluding hydrogens is 325 g/mol. The highest BCUT2D eigenvalue weighted by Crippen LogP contribution is 2.30. The van der Waals surface area contributed by atoms with E-state index >= 15 is 0 Å². The molecule has 0 saturated carbocycles. The maximum absolute atomic E-state index is 14.2. The van der Waals surface area contributed by atoms with E-state index in [4.69, 9.17) is 9.47 Å². The summed E-state index contributed by atoms with van der Waals surface area (Å²) >= 11 is 0. The van der Waals surface area contributed by atoms with Gasteiger partial charge in [0.05, 0.1) is 25.5 Å². The van der Waals surface area contributed by atoms with Gasteiger partial charge in [-0.2, -0.15) is 0 Å². The normalized spacial score (nSPS) is 10.3. The molecular formula is C19H22FNO4. The van der Waals surface area contributed by atoms with Crippen molar-refractivity contribution < 1.29 is 23.4 Å². The van der Waals surface area contributed by atoms with E-state index in [-0.39, 0.29) is 12.4 Å². The van der Waals surface area contributed by atoms with Crippen molar-refractivity contribution in [1.82, 2.24) is 0 Å². The molecule has 0 bridgehead atoms. The lowest BCUT2D eigenvalue weighted by Crippen LogP contribution is -2.14. The molecule has 0 aliphatic carbocycles. The average molecular weight is 347 g/mol. The number of aryl methyl sites for hydroxylation is 2. The van der Waals surface area contributed by atoms with Crippen LogP contribution < -0.4 is 14.8 Å². The number of ether oxygens (including phenoxy) is 3. The van der Waals surface area contributed by atoms with Gasteiger partial charge in [-0.15, -0.1) is 0 Å². The summed E-state index contributed by atoms with van der Waals surface area (Å²) in [5.74, 6) is 0.265. The number of anilines is 1. The predicted molar refractivity (Wildman–Crippen MR) is 93.9 cm³/mol. The highest BCUT2D eigenvalue weighted by molar-refractivity contribution is 5.86. The highest BCUT2D eigenvalue weighted by Gasteiger charge is 2.14. The smallest absolute Gasteiger partial charge is 0.411 e. The molecule has 6 heteroatoms. The molecule has 0 spiro atoms. The van der Waals surface area contributed by atoms with E-state index in [1.54, 1.807) is 24.3 Å². The van der Waals surface area contributed by atoms with Gasteiger partial charge < -0.3 is 14.2 Å². The zero-order valence-corrected chi connectivity index (χ0v) is 14.8. The van der Waals surface area contributed by atoms with Gasteiger partial charge in [0.25, 0.3) is 0 Å². The highest BCUT2D eigenvalue weighted by atomic mass is 19.1. The number of carbonyl (C=O) groups excluding carboxylic acids is 1. The van der Waals surface area contributed by atoms with Gasteiger partial charge in [0, 0.05) is 0 Å². The number of rotatable bonds is 6. The van der Waals surface area contributed by atoms with Crippen LogP contribution in [0, 0.1) is 12.7 Å². The van der Waals surface area contributed by atoms with Crippen molar-refractivity contribution in [1.29, 1.82) is 0 Å². The van der Waals surface area contributed by atoms with Gasteiger partial charge in [-0.3, -0.25) is 5.32 Å². The first-order chi connectivity index (χ1) is 12.0. The van der Waals surface area contributed by atoms with Gasteiger partial charge in [-0.05, 0) is 48.7 Å². The van der Waals surface area contributed by atoms with Gasteiger partial charge in [-0.25, -0.2) is 9.18 Å². The largest absolute Gasteiger partial charge is 0.496 e. The number of benzene rings is 2. The molecule has 0 saturated heterocycles. The number of nitrogens with one attached hydrogen (secondary N) is 1. The number of methoxy groups -OCH3 is 2. The molecule has 25 heavy (non-hydrogen) atoms. The van der Waals surface area contributed by atoms with E-state index in [9.17, 15) is 9.18 Å². The Morgan fingerprint density at radius 2 is 1.96 bits per heavy atom. The summed E-state index contributed by atoms with van der Waals surface area (Å²) in [5.41, 5.74) is 2.97. The first kappa shape index (κ1) is 18.6. The summed E-state index contributed by atoms with van der Waals surface area (Å²) in [6.45, 7) is 3.92. The predicted octanol–water partition coefficient (Wildman–Crippen LogP) is 4.46. The minimum absolute atomic E-state index is 0.0329. The summed E-state index contributed by atoms with van der Waals surface area (Å²) in [6, 6.07) is 8.33. The Kier molecular flexibility index (Phi) is 6.22. The summed E-state index contributed by atoms with van der Waals surface area (Å²) in [7, 11) is 2.79. The number of halogens is 1. The number of hydrogen-bond donors (Lipinski definition) is 1. The summed E-state index contributed by atoms with van der Waals surface area (Å²) in [4.78, 5) is 11.5. The van der Waals surface area contributed by atoms with Crippen LogP contribution in [-0.4, -0.2) is 20.3 Å². The summed E-state index contributed by atoms with van der Waals surface area (Å²) < 4.78 is 29.8. The van der Waals surface area contributed by atoms with E-state index in [2.05, 4.69) is 10.1 Å². The maximum Gasteiger partial charge on any atom is 0.411 e. The number of hydrogen-bond acceptors (Lipinski definition) is 4. The third-order valence-corrected chi connectivity index (χ3v) is 3.92. The fourth-order valence-corrected chi connectivity index (χ4v) is 2.52. The average Bonchev–Trinajstić information content (AvgIpc) is 2.62. The molecule has 0 aliphatic rings. The van der Waals surface area contributed by atoms with Gasteiger partial charge >= 0.3 is 6.09 Å². The second-order valence-electron chi connectivity index (χ2n) is 5.45. The molecule has 0 heterocycles. The van der Waals surface area contributed by atoms with E-state index < -0.39 is 11.9 Å². The van der Waals surface area contributed by atoms with E-state index in [0.29, 0.717) is 17.0 Å². The first-order valence-corrected chi connectivity index (χ1v) is 7.92. The molecule has 0 aliphatic heterocycles. The second kappa shape index (κ2) is 8.37. The van der Waals surface area contributed by atoms with Crippen LogP contribution in [0.1, 0.15) is 23.6 Å². The topological polar surface area (TPSA) is 56.8 Å². The SMILES string of the molecule is CCc1cc(F)c(OCc2c(NC(=O)OC)cccc2OC)cc1C. The first-order valence-electron chi connectivity index (χ1n) is 7.92. The third kappa shape index (κ3) is 4.41. The van der Waals surface area contributed by atoms with Crippen molar-refractivity contribution in [2.45, 2.75) is 26.9 Å². The molecule has 0 atom stereocenters. The second-order valence-corrected chi connectivity index (χ2v) is 5.45. The molecule has 2 aromatic rings. The molecule has 1 amide bonds. The minimum atomic E-state index is -0.608. The van der Waals surface area contributed by atoms with Crippen molar-refractivity contribution >= 4 is 11.8 Å². The molecule has 2 rings (SSSR count). The Labute approximate surface area is 146 Å². The molecule has 0 aromatic heterocycles. The molecule has 5 nitrogen and oxygen atoms in total. The van der Waals surface area contributed by atoms with Crippen molar-refractivity contribution in [3.8, 4) is 11.5 Å². The quantitative estimate of drug-likeness (QED) is 0.838. The van der Waals surface area contributed by atoms with Gasteiger partial charge in [0.1, 0.15) is 12.4 Å².